The zero-order valence-electron chi connectivity index (χ0n) is 12.8. The summed E-state index contributed by atoms with van der Waals surface area (Å²) >= 11 is 0. The molecule has 0 heterocycles. The number of rotatable bonds is 3. The van der Waals surface area contributed by atoms with Gasteiger partial charge in [-0.3, -0.25) is 0 Å². The van der Waals surface area contributed by atoms with Gasteiger partial charge in [0.2, 0.25) is 0 Å². The van der Waals surface area contributed by atoms with Crippen LogP contribution in [0.25, 0.3) is 0 Å². The van der Waals surface area contributed by atoms with Crippen LogP contribution in [0, 0.1) is 18.4 Å². The monoisotopic (exact) mass is 280 g/mol. The van der Waals surface area contributed by atoms with E-state index in [9.17, 15) is 4.79 Å². The predicted octanol–water partition coefficient (Wildman–Crippen LogP) is 3.24. The van der Waals surface area contributed by atoms with E-state index < -0.39 is 19.8 Å². The first kappa shape index (κ1) is 17.7. The molecule has 0 aromatic carbocycles. The molecule has 1 N–H and O–H groups in total. The summed E-state index contributed by atoms with van der Waals surface area (Å²) in [5.41, 5.74) is 5.57. The SMILES string of the molecule is [CH]CC/C(C#C[Si](C)(C)C)=N/NC(=O)OC(C)(C)C. The van der Waals surface area contributed by atoms with Crippen molar-refractivity contribution in [2.24, 2.45) is 5.10 Å². The summed E-state index contributed by atoms with van der Waals surface area (Å²) in [6, 6.07) is 0. The van der Waals surface area contributed by atoms with Crippen LogP contribution in [0.4, 0.5) is 4.79 Å². The van der Waals surface area contributed by atoms with Gasteiger partial charge in [0.1, 0.15) is 19.4 Å². The molecule has 0 spiro atoms. The number of amides is 1. The van der Waals surface area contributed by atoms with Gasteiger partial charge in [-0.05, 0) is 40.5 Å². The molecule has 5 heteroatoms. The molecule has 2 radical (unpaired) electrons. The molecule has 4 nitrogen and oxygen atoms in total. The van der Waals surface area contributed by atoms with E-state index in [-0.39, 0.29) is 0 Å². The molecule has 0 aliphatic carbocycles. The van der Waals surface area contributed by atoms with Gasteiger partial charge < -0.3 is 4.74 Å². The lowest BCUT2D eigenvalue weighted by Gasteiger charge is -2.18. The molecule has 0 rings (SSSR count). The van der Waals surface area contributed by atoms with Crippen molar-refractivity contribution in [2.45, 2.75) is 58.9 Å². The molecule has 0 aromatic heterocycles. The van der Waals surface area contributed by atoms with E-state index in [2.05, 4.69) is 41.6 Å². The van der Waals surface area contributed by atoms with Gasteiger partial charge in [-0.1, -0.05) is 25.6 Å². The molecule has 0 saturated heterocycles. The van der Waals surface area contributed by atoms with Crippen molar-refractivity contribution in [3.05, 3.63) is 6.92 Å². The number of hydrogen-bond donors (Lipinski definition) is 1. The Morgan fingerprint density at radius 3 is 2.37 bits per heavy atom. The fourth-order valence-electron chi connectivity index (χ4n) is 0.957. The van der Waals surface area contributed by atoms with E-state index in [0.29, 0.717) is 18.6 Å². The van der Waals surface area contributed by atoms with Crippen molar-refractivity contribution >= 4 is 19.9 Å². The van der Waals surface area contributed by atoms with Crippen LogP contribution in [-0.2, 0) is 4.74 Å². The maximum absolute atomic E-state index is 11.5. The molecule has 0 bridgehead atoms. The first-order chi connectivity index (χ1) is 8.53. The van der Waals surface area contributed by atoms with Crippen LogP contribution in [0.5, 0.6) is 0 Å². The molecule has 0 unspecified atom stereocenters. The largest absolute Gasteiger partial charge is 0.443 e. The zero-order chi connectivity index (χ0) is 15.1. The Balaban J connectivity index is 4.67. The van der Waals surface area contributed by atoms with Gasteiger partial charge in [0.25, 0.3) is 0 Å². The molecule has 0 aromatic rings. The Kier molecular flexibility index (Phi) is 6.85. The van der Waals surface area contributed by atoms with Gasteiger partial charge in [0, 0.05) is 0 Å². The normalized spacial score (nSPS) is 12.5. The van der Waals surface area contributed by atoms with Gasteiger partial charge in [-0.2, -0.15) is 5.10 Å². The Morgan fingerprint density at radius 1 is 1.37 bits per heavy atom. The van der Waals surface area contributed by atoms with Crippen molar-refractivity contribution in [3.8, 4) is 11.5 Å². The van der Waals surface area contributed by atoms with E-state index in [1.807, 2.05) is 0 Å². The van der Waals surface area contributed by atoms with Crippen LogP contribution < -0.4 is 5.43 Å². The smallest absolute Gasteiger partial charge is 0.428 e. The maximum atomic E-state index is 11.5. The lowest BCUT2D eigenvalue weighted by atomic mass is 10.2. The van der Waals surface area contributed by atoms with Crippen LogP contribution in [0.2, 0.25) is 19.6 Å². The lowest BCUT2D eigenvalue weighted by Crippen LogP contribution is -2.30. The number of nitrogens with one attached hydrogen (secondary N) is 1. The van der Waals surface area contributed by atoms with Crippen LogP contribution in [0.3, 0.4) is 0 Å². The van der Waals surface area contributed by atoms with Crippen molar-refractivity contribution < 1.29 is 9.53 Å². The molecule has 19 heavy (non-hydrogen) atoms. The summed E-state index contributed by atoms with van der Waals surface area (Å²) in [6.45, 7) is 17.3. The minimum Gasteiger partial charge on any atom is -0.443 e. The molecule has 0 atom stereocenters. The molecule has 1 amide bonds. The first-order valence-electron chi connectivity index (χ1n) is 6.32. The fraction of sp³-hybridized carbons (Fsp3) is 0.643. The Hall–Kier alpha value is -1.28. The summed E-state index contributed by atoms with van der Waals surface area (Å²) in [5, 5.41) is 3.96. The predicted molar refractivity (Wildman–Crippen MR) is 81.5 cm³/mol. The van der Waals surface area contributed by atoms with E-state index in [4.69, 9.17) is 11.7 Å². The highest BCUT2D eigenvalue weighted by atomic mass is 28.3. The summed E-state index contributed by atoms with van der Waals surface area (Å²) in [6.07, 6.45) is 0.388. The fourth-order valence-corrected chi connectivity index (χ4v) is 1.48. The lowest BCUT2D eigenvalue weighted by molar-refractivity contribution is 0.0529. The second-order valence-electron chi connectivity index (χ2n) is 6.21. The van der Waals surface area contributed by atoms with Crippen molar-refractivity contribution in [1.82, 2.24) is 5.43 Å². The van der Waals surface area contributed by atoms with Crippen LogP contribution in [0.15, 0.2) is 5.10 Å². The number of carbonyl (C=O) groups is 1. The minimum atomic E-state index is -1.47. The first-order valence-corrected chi connectivity index (χ1v) is 9.82. The van der Waals surface area contributed by atoms with Crippen LogP contribution in [-0.4, -0.2) is 25.5 Å². The average molecular weight is 280 g/mol. The highest BCUT2D eigenvalue weighted by molar-refractivity contribution is 6.84. The number of nitrogens with zero attached hydrogens (tertiary/aromatic N) is 1. The van der Waals surface area contributed by atoms with Gasteiger partial charge >= 0.3 is 6.09 Å². The van der Waals surface area contributed by atoms with Gasteiger partial charge in [-0.25, -0.2) is 10.2 Å². The van der Waals surface area contributed by atoms with E-state index >= 15 is 0 Å². The second kappa shape index (κ2) is 7.34. The van der Waals surface area contributed by atoms with Gasteiger partial charge in [0.05, 0.1) is 0 Å². The highest BCUT2D eigenvalue weighted by Gasteiger charge is 2.15. The van der Waals surface area contributed by atoms with Crippen molar-refractivity contribution in [1.29, 1.82) is 0 Å². The molecule has 0 fully saturated rings. The quantitative estimate of drug-likeness (QED) is 0.373. The molecular formula is C14H24N2O2Si. The second-order valence-corrected chi connectivity index (χ2v) is 11.0. The van der Waals surface area contributed by atoms with Gasteiger partial charge in [0.15, 0.2) is 0 Å². The Morgan fingerprint density at radius 2 is 1.95 bits per heavy atom. The van der Waals surface area contributed by atoms with Crippen molar-refractivity contribution in [3.63, 3.8) is 0 Å². The Labute approximate surface area is 118 Å². The standard InChI is InChI=1S/C14H24N2O2Si/c1-8-9-12(10-11-19(5,6)7)15-16-13(17)18-14(2,3)4/h1H,8-9H2,2-7H3,(H,16,17)/b15-12-. The summed E-state index contributed by atoms with van der Waals surface area (Å²) < 4.78 is 5.08. The minimum absolute atomic E-state index is 0.440. The highest BCUT2D eigenvalue weighted by Crippen LogP contribution is 2.06. The zero-order valence-corrected chi connectivity index (χ0v) is 13.8. The van der Waals surface area contributed by atoms with Crippen LogP contribution >= 0.6 is 0 Å². The van der Waals surface area contributed by atoms with Crippen molar-refractivity contribution in [2.75, 3.05) is 0 Å². The molecule has 0 aliphatic heterocycles. The summed E-state index contributed by atoms with van der Waals surface area (Å²) in [5.74, 6) is 2.99. The molecule has 106 valence electrons. The van der Waals surface area contributed by atoms with E-state index in [0.717, 1.165) is 0 Å². The summed E-state index contributed by atoms with van der Waals surface area (Å²) in [7, 11) is -1.47. The average Bonchev–Trinajstić information content (AvgIpc) is 2.18. The number of carbonyl (C=O) groups excluding carboxylic acids is 1. The molecule has 0 aliphatic rings. The molecule has 0 saturated carbocycles. The Bertz CT molecular complexity index is 392. The van der Waals surface area contributed by atoms with Gasteiger partial charge in [-0.15, -0.1) is 5.54 Å². The van der Waals surface area contributed by atoms with E-state index in [1.165, 1.54) is 0 Å². The maximum Gasteiger partial charge on any atom is 0.428 e. The van der Waals surface area contributed by atoms with E-state index in [1.54, 1.807) is 20.8 Å². The third-order valence-electron chi connectivity index (χ3n) is 1.64. The molecular weight excluding hydrogens is 256 g/mol. The topological polar surface area (TPSA) is 50.7 Å². The number of hydrogen-bond acceptors (Lipinski definition) is 3. The number of ether oxygens (including phenoxy) is 1. The summed E-state index contributed by atoms with van der Waals surface area (Å²) in [4.78, 5) is 11.5. The number of hydrazone groups is 1. The van der Waals surface area contributed by atoms with Crippen LogP contribution in [0.1, 0.15) is 33.6 Å². The third-order valence-corrected chi connectivity index (χ3v) is 2.52. The third kappa shape index (κ3) is 11.5.